The summed E-state index contributed by atoms with van der Waals surface area (Å²) in [6, 6.07) is 9.75. The van der Waals surface area contributed by atoms with E-state index in [9.17, 15) is 5.11 Å². The molecule has 2 aromatic rings. The summed E-state index contributed by atoms with van der Waals surface area (Å²) in [6.07, 6.45) is 3.67. The van der Waals surface area contributed by atoms with Gasteiger partial charge in [-0.1, -0.05) is 30.3 Å². The van der Waals surface area contributed by atoms with Gasteiger partial charge in [-0.3, -0.25) is 4.68 Å². The molecule has 0 radical (unpaired) electrons. The number of rotatable bonds is 5. The molecule has 1 aromatic carbocycles. The van der Waals surface area contributed by atoms with Crippen molar-refractivity contribution in [3.63, 3.8) is 0 Å². The predicted molar refractivity (Wildman–Crippen MR) is 65.3 cm³/mol. The summed E-state index contributed by atoms with van der Waals surface area (Å²) >= 11 is 0. The Morgan fingerprint density at radius 1 is 1.29 bits per heavy atom. The van der Waals surface area contributed by atoms with Crippen LogP contribution in [0.3, 0.4) is 0 Å². The van der Waals surface area contributed by atoms with E-state index in [4.69, 9.17) is 0 Å². The molecule has 2 rings (SSSR count). The minimum atomic E-state index is -0.385. The molecule has 0 amide bonds. The third-order valence-corrected chi connectivity index (χ3v) is 2.87. The minimum absolute atomic E-state index is 0.385. The van der Waals surface area contributed by atoms with Gasteiger partial charge in [0.15, 0.2) is 0 Å². The van der Waals surface area contributed by atoms with Gasteiger partial charge in [-0.25, -0.2) is 4.98 Å². The Balaban J connectivity index is 1.81. The number of aromatic nitrogens is 3. The van der Waals surface area contributed by atoms with Crippen LogP contribution in [0, 0.1) is 0 Å². The average molecular weight is 231 g/mol. The van der Waals surface area contributed by atoms with Crippen LogP contribution in [-0.2, 0) is 13.5 Å². The van der Waals surface area contributed by atoms with Crippen molar-refractivity contribution in [3.05, 3.63) is 48.0 Å². The standard InChI is InChI=1S/C13H17N3O/c1-16-13(14-10-15-16)9-5-8-12(17)11-6-3-2-4-7-11/h2-4,6-7,10,12,17H,5,8-9H2,1H3. The van der Waals surface area contributed by atoms with Gasteiger partial charge in [0.1, 0.15) is 12.2 Å². The highest BCUT2D eigenvalue weighted by atomic mass is 16.3. The third-order valence-electron chi connectivity index (χ3n) is 2.87. The van der Waals surface area contributed by atoms with Crippen molar-refractivity contribution >= 4 is 0 Å². The van der Waals surface area contributed by atoms with E-state index >= 15 is 0 Å². The second kappa shape index (κ2) is 5.59. The topological polar surface area (TPSA) is 50.9 Å². The number of aliphatic hydroxyl groups excluding tert-OH is 1. The Bertz CT molecular complexity index is 453. The van der Waals surface area contributed by atoms with Crippen LogP contribution in [0.15, 0.2) is 36.7 Å². The van der Waals surface area contributed by atoms with Crippen molar-refractivity contribution < 1.29 is 5.11 Å². The number of aryl methyl sites for hydroxylation is 2. The van der Waals surface area contributed by atoms with Crippen molar-refractivity contribution in [2.45, 2.75) is 25.4 Å². The van der Waals surface area contributed by atoms with E-state index < -0.39 is 0 Å². The van der Waals surface area contributed by atoms with Crippen LogP contribution in [0.2, 0.25) is 0 Å². The van der Waals surface area contributed by atoms with Crippen molar-refractivity contribution in [3.8, 4) is 0 Å². The van der Waals surface area contributed by atoms with E-state index in [0.29, 0.717) is 0 Å². The monoisotopic (exact) mass is 231 g/mol. The van der Waals surface area contributed by atoms with Gasteiger partial charge in [0.05, 0.1) is 6.10 Å². The fourth-order valence-corrected chi connectivity index (χ4v) is 1.84. The van der Waals surface area contributed by atoms with Crippen LogP contribution >= 0.6 is 0 Å². The van der Waals surface area contributed by atoms with E-state index in [2.05, 4.69) is 10.1 Å². The quantitative estimate of drug-likeness (QED) is 0.854. The van der Waals surface area contributed by atoms with Crippen molar-refractivity contribution in [2.75, 3.05) is 0 Å². The molecule has 17 heavy (non-hydrogen) atoms. The second-order valence-electron chi connectivity index (χ2n) is 4.12. The van der Waals surface area contributed by atoms with Crippen molar-refractivity contribution in [1.82, 2.24) is 14.8 Å². The van der Waals surface area contributed by atoms with E-state index in [1.807, 2.05) is 37.4 Å². The molecule has 0 aliphatic carbocycles. The summed E-state index contributed by atoms with van der Waals surface area (Å²) in [4.78, 5) is 4.16. The molecule has 1 unspecified atom stereocenters. The lowest BCUT2D eigenvalue weighted by Crippen LogP contribution is -2.02. The highest BCUT2D eigenvalue weighted by Crippen LogP contribution is 2.18. The third kappa shape index (κ3) is 3.14. The fourth-order valence-electron chi connectivity index (χ4n) is 1.84. The maximum Gasteiger partial charge on any atom is 0.138 e. The second-order valence-corrected chi connectivity index (χ2v) is 4.12. The number of nitrogens with zero attached hydrogens (tertiary/aromatic N) is 3. The Hall–Kier alpha value is -1.68. The maximum absolute atomic E-state index is 9.98. The SMILES string of the molecule is Cn1ncnc1CCCC(O)c1ccccc1. The van der Waals surface area contributed by atoms with E-state index in [1.165, 1.54) is 0 Å². The van der Waals surface area contributed by atoms with Gasteiger partial charge in [0.25, 0.3) is 0 Å². The summed E-state index contributed by atoms with van der Waals surface area (Å²) in [5.41, 5.74) is 0.977. The van der Waals surface area contributed by atoms with Crippen LogP contribution in [-0.4, -0.2) is 19.9 Å². The summed E-state index contributed by atoms with van der Waals surface area (Å²) in [7, 11) is 1.88. The smallest absolute Gasteiger partial charge is 0.138 e. The van der Waals surface area contributed by atoms with Gasteiger partial charge in [0, 0.05) is 13.5 Å². The molecular weight excluding hydrogens is 214 g/mol. The zero-order chi connectivity index (χ0) is 12.1. The van der Waals surface area contributed by atoms with E-state index in [1.54, 1.807) is 11.0 Å². The molecule has 0 fully saturated rings. The molecule has 1 atom stereocenters. The van der Waals surface area contributed by atoms with Gasteiger partial charge in [-0.2, -0.15) is 5.10 Å². The first kappa shape index (κ1) is 11.8. The molecule has 0 saturated carbocycles. The lowest BCUT2D eigenvalue weighted by Gasteiger charge is -2.10. The van der Waals surface area contributed by atoms with Crippen molar-refractivity contribution in [1.29, 1.82) is 0 Å². The van der Waals surface area contributed by atoms with Crippen LogP contribution in [0.4, 0.5) is 0 Å². The van der Waals surface area contributed by atoms with Crippen LogP contribution in [0.25, 0.3) is 0 Å². The highest BCUT2D eigenvalue weighted by molar-refractivity contribution is 5.17. The van der Waals surface area contributed by atoms with Gasteiger partial charge in [-0.05, 0) is 18.4 Å². The van der Waals surface area contributed by atoms with E-state index in [-0.39, 0.29) is 6.10 Å². The van der Waals surface area contributed by atoms with Crippen LogP contribution < -0.4 is 0 Å². The molecule has 0 aliphatic heterocycles. The Morgan fingerprint density at radius 3 is 2.71 bits per heavy atom. The van der Waals surface area contributed by atoms with Gasteiger partial charge in [0.2, 0.25) is 0 Å². The van der Waals surface area contributed by atoms with Gasteiger partial charge >= 0.3 is 0 Å². The average Bonchev–Trinajstić information content (AvgIpc) is 2.76. The fraction of sp³-hybridized carbons (Fsp3) is 0.385. The molecule has 4 heteroatoms. The summed E-state index contributed by atoms with van der Waals surface area (Å²) in [5.74, 6) is 0.963. The number of aliphatic hydroxyl groups is 1. The molecule has 4 nitrogen and oxygen atoms in total. The lowest BCUT2D eigenvalue weighted by atomic mass is 10.0. The largest absolute Gasteiger partial charge is 0.388 e. The Labute approximate surface area is 101 Å². The molecule has 1 N–H and O–H groups in total. The molecule has 0 saturated heterocycles. The number of hydrogen-bond donors (Lipinski definition) is 1. The molecule has 0 aliphatic rings. The molecule has 0 bridgehead atoms. The molecule has 90 valence electrons. The van der Waals surface area contributed by atoms with Crippen molar-refractivity contribution in [2.24, 2.45) is 7.05 Å². The van der Waals surface area contributed by atoms with Gasteiger partial charge < -0.3 is 5.11 Å². The first-order valence-corrected chi connectivity index (χ1v) is 5.83. The highest BCUT2D eigenvalue weighted by Gasteiger charge is 2.07. The zero-order valence-corrected chi connectivity index (χ0v) is 9.95. The Morgan fingerprint density at radius 2 is 2.06 bits per heavy atom. The molecule has 0 spiro atoms. The zero-order valence-electron chi connectivity index (χ0n) is 9.95. The normalized spacial score (nSPS) is 12.6. The van der Waals surface area contributed by atoms with Crippen LogP contribution in [0.1, 0.15) is 30.3 Å². The first-order chi connectivity index (χ1) is 8.27. The summed E-state index contributed by atoms with van der Waals surface area (Å²) in [6.45, 7) is 0. The van der Waals surface area contributed by atoms with E-state index in [0.717, 1.165) is 30.7 Å². The van der Waals surface area contributed by atoms with Crippen LogP contribution in [0.5, 0.6) is 0 Å². The predicted octanol–water partition coefficient (Wildman–Crippen LogP) is 1.87. The molecule has 1 heterocycles. The molecular formula is C13H17N3O. The number of benzene rings is 1. The summed E-state index contributed by atoms with van der Waals surface area (Å²) in [5, 5.41) is 14.0. The lowest BCUT2D eigenvalue weighted by molar-refractivity contribution is 0.164. The summed E-state index contributed by atoms with van der Waals surface area (Å²) < 4.78 is 1.77. The minimum Gasteiger partial charge on any atom is -0.388 e. The molecule has 1 aromatic heterocycles. The number of hydrogen-bond acceptors (Lipinski definition) is 3. The van der Waals surface area contributed by atoms with Gasteiger partial charge in [-0.15, -0.1) is 0 Å². The first-order valence-electron chi connectivity index (χ1n) is 5.83. The Kier molecular flexibility index (Phi) is 3.88. The maximum atomic E-state index is 9.98.